The summed E-state index contributed by atoms with van der Waals surface area (Å²) < 4.78 is 37.5. The maximum absolute atomic E-state index is 13.9. The van der Waals surface area contributed by atoms with Crippen molar-refractivity contribution in [3.8, 4) is 11.5 Å². The lowest BCUT2D eigenvalue weighted by Crippen LogP contribution is -2.50. The molecule has 9 nitrogen and oxygen atoms in total. The van der Waals surface area contributed by atoms with E-state index in [1.54, 1.807) is 36.3 Å². The molecule has 1 atom stereocenters. The van der Waals surface area contributed by atoms with Gasteiger partial charge in [-0.3, -0.25) is 13.9 Å². The minimum Gasteiger partial charge on any atom is -0.497 e. The van der Waals surface area contributed by atoms with Gasteiger partial charge in [-0.2, -0.15) is 0 Å². The lowest BCUT2D eigenvalue weighted by molar-refractivity contribution is -0.141. The second-order valence-electron chi connectivity index (χ2n) is 9.84. The molecule has 0 spiro atoms. The molecule has 0 aliphatic rings. The number of likely N-dealkylation sites (N-methyl/N-ethyl adjacent to an activating group) is 1. The van der Waals surface area contributed by atoms with Gasteiger partial charge in [-0.1, -0.05) is 42.5 Å². The van der Waals surface area contributed by atoms with Crippen molar-refractivity contribution in [2.45, 2.75) is 45.7 Å². The van der Waals surface area contributed by atoms with Gasteiger partial charge in [0.2, 0.25) is 21.8 Å². The second kappa shape index (κ2) is 15.8. The molecular weight excluding hydrogens is 554 g/mol. The molecule has 0 heterocycles. The molecule has 0 aliphatic heterocycles. The number of hydrogen-bond acceptors (Lipinski definition) is 6. The Bertz CT molecular complexity index is 1400. The average molecular weight is 596 g/mol. The molecule has 42 heavy (non-hydrogen) atoms. The van der Waals surface area contributed by atoms with E-state index in [0.717, 1.165) is 17.4 Å². The number of methoxy groups -OCH3 is 1. The minimum atomic E-state index is -3.61. The van der Waals surface area contributed by atoms with Crippen LogP contribution in [0.4, 0.5) is 5.69 Å². The first-order chi connectivity index (χ1) is 20.2. The van der Waals surface area contributed by atoms with E-state index in [2.05, 4.69) is 5.32 Å². The van der Waals surface area contributed by atoms with Gasteiger partial charge in [0.1, 0.15) is 17.5 Å². The molecule has 0 aromatic heterocycles. The number of nitrogens with one attached hydrogen (secondary N) is 1. The van der Waals surface area contributed by atoms with Crippen molar-refractivity contribution in [1.29, 1.82) is 0 Å². The molecule has 2 amide bonds. The third-order valence-electron chi connectivity index (χ3n) is 6.70. The summed E-state index contributed by atoms with van der Waals surface area (Å²) in [6, 6.07) is 23.0. The molecule has 1 unspecified atom stereocenters. The summed E-state index contributed by atoms with van der Waals surface area (Å²) in [5.41, 5.74) is 2.24. The molecule has 0 saturated carbocycles. The fourth-order valence-corrected chi connectivity index (χ4v) is 5.66. The van der Waals surface area contributed by atoms with Crippen molar-refractivity contribution >= 4 is 27.5 Å². The van der Waals surface area contributed by atoms with E-state index in [0.29, 0.717) is 36.8 Å². The number of anilines is 1. The van der Waals surface area contributed by atoms with Gasteiger partial charge in [0.25, 0.3) is 0 Å². The number of hydrogen-bond donors (Lipinski definition) is 1. The van der Waals surface area contributed by atoms with Crippen LogP contribution < -0.4 is 19.1 Å². The number of benzene rings is 3. The van der Waals surface area contributed by atoms with Crippen molar-refractivity contribution in [2.75, 3.05) is 37.4 Å². The van der Waals surface area contributed by atoms with Gasteiger partial charge in [0, 0.05) is 32.5 Å². The molecule has 0 bridgehead atoms. The molecule has 3 rings (SSSR count). The van der Waals surface area contributed by atoms with Gasteiger partial charge in [-0.25, -0.2) is 8.42 Å². The number of ether oxygens (including phenoxy) is 2. The third kappa shape index (κ3) is 9.51. The van der Waals surface area contributed by atoms with E-state index in [1.165, 1.54) is 4.31 Å². The quantitative estimate of drug-likeness (QED) is 0.263. The fourth-order valence-electron chi connectivity index (χ4n) is 4.69. The lowest BCUT2D eigenvalue weighted by Gasteiger charge is -2.32. The topological polar surface area (TPSA) is 105 Å². The van der Waals surface area contributed by atoms with E-state index >= 15 is 0 Å². The predicted octanol–water partition coefficient (Wildman–Crippen LogP) is 4.42. The summed E-state index contributed by atoms with van der Waals surface area (Å²) in [5.74, 6) is 0.805. The maximum atomic E-state index is 13.9. The largest absolute Gasteiger partial charge is 0.497 e. The van der Waals surface area contributed by atoms with E-state index < -0.39 is 16.1 Å². The van der Waals surface area contributed by atoms with E-state index in [-0.39, 0.29) is 37.7 Å². The Kier molecular flexibility index (Phi) is 12.2. The summed E-state index contributed by atoms with van der Waals surface area (Å²) in [6.45, 7) is 4.95. The van der Waals surface area contributed by atoms with Crippen LogP contribution in [0, 0.1) is 0 Å². The molecule has 10 heteroatoms. The molecule has 0 aliphatic carbocycles. The number of rotatable bonds is 16. The van der Waals surface area contributed by atoms with Crippen LogP contribution in [0.1, 0.15) is 37.8 Å². The van der Waals surface area contributed by atoms with Crippen molar-refractivity contribution < 1.29 is 27.5 Å². The number of nitrogens with zero attached hydrogens (tertiary/aromatic N) is 2. The SMILES string of the molecule is CCNC(=O)C(Cc1ccccc1)N(Cc1cccc(OC)c1)C(=O)CCCN(c1ccc(OCC)cc1)S(C)(=O)=O. The highest BCUT2D eigenvalue weighted by molar-refractivity contribution is 7.92. The smallest absolute Gasteiger partial charge is 0.243 e. The molecule has 3 aromatic carbocycles. The highest BCUT2D eigenvalue weighted by atomic mass is 32.2. The highest BCUT2D eigenvalue weighted by Crippen LogP contribution is 2.23. The van der Waals surface area contributed by atoms with Gasteiger partial charge in [-0.15, -0.1) is 0 Å². The van der Waals surface area contributed by atoms with Gasteiger partial charge >= 0.3 is 0 Å². The third-order valence-corrected chi connectivity index (χ3v) is 7.89. The van der Waals surface area contributed by atoms with Crippen molar-refractivity contribution in [3.63, 3.8) is 0 Å². The Morgan fingerprint density at radius 2 is 1.60 bits per heavy atom. The van der Waals surface area contributed by atoms with Crippen LogP contribution in [0.25, 0.3) is 0 Å². The van der Waals surface area contributed by atoms with Crippen molar-refractivity contribution in [1.82, 2.24) is 10.2 Å². The summed E-state index contributed by atoms with van der Waals surface area (Å²) >= 11 is 0. The Morgan fingerprint density at radius 1 is 0.905 bits per heavy atom. The average Bonchev–Trinajstić information content (AvgIpc) is 2.98. The Balaban J connectivity index is 1.85. The molecule has 0 radical (unpaired) electrons. The Hall–Kier alpha value is -4.05. The van der Waals surface area contributed by atoms with Crippen LogP contribution in [0.5, 0.6) is 11.5 Å². The zero-order chi connectivity index (χ0) is 30.5. The van der Waals surface area contributed by atoms with Crippen molar-refractivity contribution in [3.05, 3.63) is 90.0 Å². The van der Waals surface area contributed by atoms with E-state index in [9.17, 15) is 18.0 Å². The first-order valence-corrected chi connectivity index (χ1v) is 16.0. The maximum Gasteiger partial charge on any atom is 0.243 e. The molecule has 226 valence electrons. The van der Waals surface area contributed by atoms with Crippen LogP contribution in [0.3, 0.4) is 0 Å². The number of amides is 2. The van der Waals surface area contributed by atoms with Gasteiger partial charge in [-0.05, 0) is 67.8 Å². The number of carbonyl (C=O) groups excluding carboxylic acids is 2. The van der Waals surface area contributed by atoms with Crippen LogP contribution in [0.2, 0.25) is 0 Å². The molecule has 0 saturated heterocycles. The monoisotopic (exact) mass is 595 g/mol. The number of carbonyl (C=O) groups is 2. The van der Waals surface area contributed by atoms with E-state index in [1.807, 2.05) is 68.4 Å². The van der Waals surface area contributed by atoms with Crippen LogP contribution in [0.15, 0.2) is 78.9 Å². The molecular formula is C32H41N3O6S. The first-order valence-electron chi connectivity index (χ1n) is 14.1. The van der Waals surface area contributed by atoms with Gasteiger partial charge < -0.3 is 19.7 Å². The predicted molar refractivity (Wildman–Crippen MR) is 165 cm³/mol. The fraction of sp³-hybridized carbons (Fsp3) is 0.375. The molecule has 0 fully saturated rings. The van der Waals surface area contributed by atoms with Crippen LogP contribution in [-0.4, -0.2) is 64.2 Å². The van der Waals surface area contributed by atoms with Gasteiger partial charge in [0.15, 0.2) is 0 Å². The first kappa shape index (κ1) is 32.5. The standard InChI is InChI=1S/C32H41N3O6S/c1-5-33-32(37)30(23-25-12-8-7-9-13-25)34(24-26-14-10-15-29(22-26)40-3)31(36)16-11-21-35(42(4,38)39)27-17-19-28(20-18-27)41-6-2/h7-10,12-15,17-20,22,30H,5-6,11,16,21,23-24H2,1-4H3,(H,33,37). The molecule has 1 N–H and O–H groups in total. The Labute approximate surface area is 249 Å². The second-order valence-corrected chi connectivity index (χ2v) is 11.7. The van der Waals surface area contributed by atoms with Crippen molar-refractivity contribution in [2.24, 2.45) is 0 Å². The zero-order valence-corrected chi connectivity index (χ0v) is 25.6. The van der Waals surface area contributed by atoms with E-state index in [4.69, 9.17) is 9.47 Å². The Morgan fingerprint density at radius 3 is 2.21 bits per heavy atom. The minimum absolute atomic E-state index is 0.0533. The summed E-state index contributed by atoms with van der Waals surface area (Å²) in [6.07, 6.45) is 1.80. The highest BCUT2D eigenvalue weighted by Gasteiger charge is 2.30. The summed E-state index contributed by atoms with van der Waals surface area (Å²) in [5, 5.41) is 2.88. The number of sulfonamides is 1. The van der Waals surface area contributed by atoms with Crippen LogP contribution in [-0.2, 0) is 32.6 Å². The summed E-state index contributed by atoms with van der Waals surface area (Å²) in [7, 11) is -2.03. The molecule has 3 aromatic rings. The lowest BCUT2D eigenvalue weighted by atomic mass is 10.0. The normalized spacial score (nSPS) is 11.8. The zero-order valence-electron chi connectivity index (χ0n) is 24.8. The van der Waals surface area contributed by atoms with Gasteiger partial charge in [0.05, 0.1) is 25.7 Å². The van der Waals surface area contributed by atoms with Crippen LogP contribution >= 0.6 is 0 Å². The summed E-state index contributed by atoms with van der Waals surface area (Å²) in [4.78, 5) is 28.8.